The van der Waals surface area contributed by atoms with Gasteiger partial charge in [-0.2, -0.15) is 0 Å². The van der Waals surface area contributed by atoms with Crippen molar-refractivity contribution in [2.75, 3.05) is 14.1 Å². The molecule has 0 unspecified atom stereocenters. The number of rotatable bonds is 2. The summed E-state index contributed by atoms with van der Waals surface area (Å²) in [6.07, 6.45) is 0. The van der Waals surface area contributed by atoms with Gasteiger partial charge in [-0.3, -0.25) is 18.2 Å². The Morgan fingerprint density at radius 1 is 0.574 bits per heavy atom. The Labute approximate surface area is 323 Å². The van der Waals surface area contributed by atoms with Gasteiger partial charge in [0.05, 0.1) is 19.8 Å². The van der Waals surface area contributed by atoms with Crippen LogP contribution in [0.2, 0.25) is 10.0 Å². The first-order valence-corrected chi connectivity index (χ1v) is 20.0. The number of aliphatic hydroxyl groups excluding tert-OH is 2. The molecule has 5 aromatic carbocycles. The van der Waals surface area contributed by atoms with E-state index in [0.29, 0.717) is 5.56 Å². The third-order valence-corrected chi connectivity index (χ3v) is 13.6. The minimum absolute atomic E-state index is 0.0113. The number of Topliss-reactive ketones (excluding diaryl/α,β-unsaturated/α-hetero) is 2. The predicted octanol–water partition coefficient (Wildman–Crippen LogP) is 8.62. The fraction of sp³-hybridized carbons (Fsp3) is 0.150. The second-order valence-corrected chi connectivity index (χ2v) is 18.3. The third kappa shape index (κ3) is 6.64. The Kier molecular flexibility index (Phi) is 9.95. The highest BCUT2D eigenvalue weighted by atomic mass is 35.5. The van der Waals surface area contributed by atoms with Crippen molar-refractivity contribution in [2.24, 2.45) is 0 Å². The zero-order valence-corrected chi connectivity index (χ0v) is 32.8. The number of hydrogen-bond donors (Lipinski definition) is 2. The quantitative estimate of drug-likeness (QED) is 0.133. The van der Waals surface area contributed by atoms with E-state index in [9.17, 15) is 36.6 Å². The summed E-state index contributed by atoms with van der Waals surface area (Å²) >= 11 is 11.8. The van der Waals surface area contributed by atoms with Crippen molar-refractivity contribution in [1.82, 2.24) is 8.61 Å². The first-order valence-electron chi connectivity index (χ1n) is 16.4. The van der Waals surface area contributed by atoms with Gasteiger partial charge >= 0.3 is 0 Å². The second kappa shape index (κ2) is 13.9. The lowest BCUT2D eigenvalue weighted by molar-refractivity contribution is 0.0995. The van der Waals surface area contributed by atoms with E-state index in [-0.39, 0.29) is 59.1 Å². The number of ketones is 2. The molecule has 0 bridgehead atoms. The zero-order chi connectivity index (χ0) is 39.5. The molecule has 2 N–H and O–H groups in total. The number of carbonyl (C=O) groups excluding carboxylic acids is 2. The molecule has 0 saturated carbocycles. The number of sulfonamides is 2. The van der Waals surface area contributed by atoms with Gasteiger partial charge in [-0.05, 0) is 70.3 Å². The van der Waals surface area contributed by atoms with Gasteiger partial charge in [0.25, 0.3) is 20.0 Å². The number of halogens is 2. The van der Waals surface area contributed by atoms with Gasteiger partial charge in [0.2, 0.25) is 11.6 Å². The molecule has 0 spiro atoms. The molecule has 0 amide bonds. The number of allylic oxidation sites excluding steroid dienone is 2. The lowest BCUT2D eigenvalue weighted by Gasteiger charge is -2.30. The summed E-state index contributed by atoms with van der Waals surface area (Å²) in [6.45, 7) is 5.94. The van der Waals surface area contributed by atoms with E-state index in [1.807, 2.05) is 51.1 Å². The average molecular weight is 806 g/mol. The van der Waals surface area contributed by atoms with Gasteiger partial charge in [0, 0.05) is 36.3 Å². The van der Waals surface area contributed by atoms with Gasteiger partial charge in [-0.25, -0.2) is 16.8 Å². The normalized spacial score (nSPS) is 18.0. The first kappa shape index (κ1) is 38.6. The molecule has 0 aliphatic carbocycles. The van der Waals surface area contributed by atoms with Crippen LogP contribution < -0.4 is 0 Å². The number of nitrogens with zero attached hydrogens (tertiary/aromatic N) is 2. The molecule has 0 fully saturated rings. The minimum Gasteiger partial charge on any atom is -0.505 e. The highest BCUT2D eigenvalue weighted by Crippen LogP contribution is 2.38. The SMILES string of the molecule is CN1C(=C(O)c2ccc(Cl)c(Cl)c2)C(=O)c2ccccc2S1(=O)=O.CN1C(=C(O)c2ccc3ccccc3c2)C(=O)c2ccc(C(C)(C)C)cc2S1(=O)=O. The van der Waals surface area contributed by atoms with Crippen LogP contribution in [-0.2, 0) is 25.5 Å². The molecular formula is C40H34Cl2N2O8S2. The summed E-state index contributed by atoms with van der Waals surface area (Å²) in [6, 6.07) is 27.8. The Bertz CT molecular complexity index is 2700. The van der Waals surface area contributed by atoms with E-state index in [4.69, 9.17) is 23.2 Å². The third-order valence-electron chi connectivity index (χ3n) is 9.23. The molecule has 2 heterocycles. The lowest BCUT2D eigenvalue weighted by Crippen LogP contribution is -2.37. The number of hydrogen-bond acceptors (Lipinski definition) is 8. The summed E-state index contributed by atoms with van der Waals surface area (Å²) in [5.41, 5.74) is 0.615. The topological polar surface area (TPSA) is 149 Å². The molecule has 0 radical (unpaired) electrons. The minimum atomic E-state index is -3.99. The molecule has 5 aromatic rings. The maximum atomic E-state index is 13.2. The van der Waals surface area contributed by atoms with E-state index < -0.39 is 37.4 Å². The van der Waals surface area contributed by atoms with Crippen molar-refractivity contribution in [3.8, 4) is 0 Å². The number of fused-ring (bicyclic) bond motifs is 3. The Morgan fingerprint density at radius 2 is 1.07 bits per heavy atom. The fourth-order valence-corrected chi connectivity index (χ4v) is 9.22. The van der Waals surface area contributed by atoms with Crippen molar-refractivity contribution in [3.63, 3.8) is 0 Å². The molecule has 0 saturated heterocycles. The highest BCUT2D eigenvalue weighted by molar-refractivity contribution is 7.89. The Morgan fingerprint density at radius 3 is 1.67 bits per heavy atom. The van der Waals surface area contributed by atoms with Crippen LogP contribution in [0, 0.1) is 0 Å². The average Bonchev–Trinajstić information content (AvgIpc) is 3.14. The van der Waals surface area contributed by atoms with Crippen molar-refractivity contribution in [1.29, 1.82) is 0 Å². The molecule has 10 nitrogen and oxygen atoms in total. The van der Waals surface area contributed by atoms with Crippen LogP contribution in [0.25, 0.3) is 22.3 Å². The molecule has 14 heteroatoms. The smallest absolute Gasteiger partial charge is 0.265 e. The van der Waals surface area contributed by atoms with Crippen LogP contribution in [0.4, 0.5) is 0 Å². The van der Waals surface area contributed by atoms with E-state index >= 15 is 0 Å². The van der Waals surface area contributed by atoms with E-state index in [0.717, 1.165) is 24.9 Å². The largest absolute Gasteiger partial charge is 0.505 e. The van der Waals surface area contributed by atoms with Crippen LogP contribution in [0.5, 0.6) is 0 Å². The first-order chi connectivity index (χ1) is 25.3. The van der Waals surface area contributed by atoms with E-state index in [1.165, 1.54) is 56.6 Å². The summed E-state index contributed by atoms with van der Waals surface area (Å²) in [5.74, 6) is -1.96. The van der Waals surface area contributed by atoms with Crippen molar-refractivity contribution in [2.45, 2.75) is 36.0 Å². The second-order valence-electron chi connectivity index (χ2n) is 13.6. The number of benzene rings is 5. The summed E-state index contributed by atoms with van der Waals surface area (Å²) in [4.78, 5) is 25.8. The van der Waals surface area contributed by atoms with Crippen molar-refractivity contribution in [3.05, 3.63) is 152 Å². The molecule has 54 heavy (non-hydrogen) atoms. The summed E-state index contributed by atoms with van der Waals surface area (Å²) in [5, 5.41) is 23.8. The van der Waals surface area contributed by atoms with Crippen LogP contribution >= 0.6 is 23.2 Å². The molecule has 0 aromatic heterocycles. The number of carbonyl (C=O) groups is 2. The van der Waals surface area contributed by atoms with Crippen molar-refractivity contribution >= 4 is 77.1 Å². The van der Waals surface area contributed by atoms with Crippen LogP contribution in [0.15, 0.2) is 124 Å². The van der Waals surface area contributed by atoms with Gasteiger partial charge in [-0.15, -0.1) is 0 Å². The fourth-order valence-electron chi connectivity index (χ4n) is 6.11. The van der Waals surface area contributed by atoms with E-state index in [1.54, 1.807) is 30.3 Å². The molecular weight excluding hydrogens is 771 g/mol. The van der Waals surface area contributed by atoms with Crippen LogP contribution in [-0.4, -0.2) is 61.3 Å². The maximum absolute atomic E-state index is 13.2. The van der Waals surface area contributed by atoms with Crippen LogP contribution in [0.1, 0.15) is 58.2 Å². The standard InChI is InChI=1S/C24H23NO4S.C16H11Cl2NO4S/c1-24(2,3)18-11-12-19-20(14-18)30(28,29)25(4)21(23(19)27)22(26)17-10-9-15-7-5-6-8-16(15)13-17;1-19-14(15(20)9-6-7-11(17)12(18)8-9)16(21)10-4-2-3-5-13(10)24(19,22)23/h5-14,26H,1-4H3;2-8,20H,1H3. The summed E-state index contributed by atoms with van der Waals surface area (Å²) in [7, 11) is -5.41. The number of likely N-dealkylation sites (N-methyl/N-ethyl adjacent to an activating group) is 2. The van der Waals surface area contributed by atoms with Crippen LogP contribution in [0.3, 0.4) is 0 Å². The molecule has 278 valence electrons. The number of aliphatic hydroxyl groups is 2. The molecule has 7 rings (SSSR count). The van der Waals surface area contributed by atoms with Gasteiger partial charge in [-0.1, -0.05) is 98.6 Å². The monoisotopic (exact) mass is 804 g/mol. The molecule has 0 atom stereocenters. The zero-order valence-electron chi connectivity index (χ0n) is 29.6. The maximum Gasteiger partial charge on any atom is 0.265 e. The van der Waals surface area contributed by atoms with Gasteiger partial charge in [0.15, 0.2) is 11.5 Å². The van der Waals surface area contributed by atoms with E-state index in [2.05, 4.69) is 0 Å². The molecule has 2 aliphatic rings. The Balaban J connectivity index is 0.000000189. The highest BCUT2D eigenvalue weighted by Gasteiger charge is 2.41. The summed E-state index contributed by atoms with van der Waals surface area (Å²) < 4.78 is 53.3. The predicted molar refractivity (Wildman–Crippen MR) is 210 cm³/mol. The van der Waals surface area contributed by atoms with Gasteiger partial charge < -0.3 is 10.2 Å². The van der Waals surface area contributed by atoms with Crippen molar-refractivity contribution < 1.29 is 36.6 Å². The molecule has 2 aliphatic heterocycles. The lowest BCUT2D eigenvalue weighted by atomic mass is 9.86. The Hall–Kier alpha value is -5.14. The van der Waals surface area contributed by atoms with Gasteiger partial charge in [0.1, 0.15) is 11.4 Å².